The Morgan fingerprint density at radius 1 is 1.10 bits per heavy atom. The third kappa shape index (κ3) is 8.81. The van der Waals surface area contributed by atoms with Crippen LogP contribution >= 0.6 is 22.7 Å². The van der Waals surface area contributed by atoms with Crippen LogP contribution in [0, 0.1) is 35.4 Å². The van der Waals surface area contributed by atoms with Crippen LogP contribution in [-0.2, 0) is 30.8 Å². The Balaban J connectivity index is 1.15. The molecule has 5 aromatic rings. The number of hydrogen-bond acceptors (Lipinski definition) is 12. The first-order chi connectivity index (χ1) is 28.8. The maximum absolute atomic E-state index is 15.0. The first-order valence-corrected chi connectivity index (χ1v) is 23.9. The normalized spacial score (nSPS) is 22.1. The fourth-order valence-electron chi connectivity index (χ4n) is 8.29. The molecule has 16 heteroatoms. The van der Waals surface area contributed by atoms with Crippen molar-refractivity contribution in [1.29, 1.82) is 0 Å². The number of Topliss-reactive ketones (excluding diaryl/α,β-unsaturated/α-hetero) is 1. The van der Waals surface area contributed by atoms with Gasteiger partial charge in [0.15, 0.2) is 11.6 Å². The molecule has 0 radical (unpaired) electrons. The van der Waals surface area contributed by atoms with Crippen molar-refractivity contribution in [2.45, 2.75) is 104 Å². The van der Waals surface area contributed by atoms with Gasteiger partial charge >= 0.3 is 0 Å². The van der Waals surface area contributed by atoms with E-state index >= 15 is 0 Å². The number of allylic oxidation sites excluding steroid dienone is 1. The van der Waals surface area contributed by atoms with Crippen LogP contribution in [0.15, 0.2) is 60.5 Å². The van der Waals surface area contributed by atoms with E-state index < -0.39 is 61.8 Å². The molecule has 3 fully saturated rings. The number of ether oxygens (including phenoxy) is 2. The van der Waals surface area contributed by atoms with Gasteiger partial charge in [0.05, 0.1) is 39.9 Å². The van der Waals surface area contributed by atoms with Gasteiger partial charge in [0.25, 0.3) is 0 Å². The lowest BCUT2D eigenvalue weighted by molar-refractivity contribution is -0.144. The number of nitrogens with one attached hydrogen (secondary N) is 1. The number of hydrogen-bond donors (Lipinski definition) is 1. The van der Waals surface area contributed by atoms with Crippen LogP contribution in [0.1, 0.15) is 77.4 Å². The highest BCUT2D eigenvalue weighted by Crippen LogP contribution is 2.57. The molecule has 61 heavy (non-hydrogen) atoms. The van der Waals surface area contributed by atoms with Crippen LogP contribution in [0.5, 0.6) is 11.6 Å². The average molecular weight is 888 g/mol. The number of halogens is 1. The van der Waals surface area contributed by atoms with E-state index in [0.29, 0.717) is 52.0 Å². The number of aromatic nitrogens is 3. The summed E-state index contributed by atoms with van der Waals surface area (Å²) in [5, 5.41) is 2.73. The molecule has 5 atom stereocenters. The van der Waals surface area contributed by atoms with Crippen molar-refractivity contribution in [3.63, 3.8) is 0 Å². The Bertz CT molecular complexity index is 2650. The molecule has 3 aromatic heterocycles. The predicted molar refractivity (Wildman–Crippen MR) is 235 cm³/mol. The van der Waals surface area contributed by atoms with Crippen LogP contribution < -0.4 is 14.2 Å². The molecule has 1 N–H and O–H groups in total. The number of sulfonamides is 1. The summed E-state index contributed by atoms with van der Waals surface area (Å²) in [6.45, 7) is 15.7. The van der Waals surface area contributed by atoms with E-state index in [2.05, 4.69) is 16.3 Å². The number of amides is 2. The lowest BCUT2D eigenvalue weighted by atomic mass is 9.77. The van der Waals surface area contributed by atoms with Gasteiger partial charge in [0, 0.05) is 51.9 Å². The quantitative estimate of drug-likeness (QED) is 0.102. The lowest BCUT2D eigenvalue weighted by Crippen LogP contribution is -2.48. The van der Waals surface area contributed by atoms with E-state index in [4.69, 9.17) is 19.4 Å². The van der Waals surface area contributed by atoms with Gasteiger partial charge in [-0.3, -0.25) is 19.1 Å². The van der Waals surface area contributed by atoms with E-state index in [1.807, 2.05) is 71.2 Å². The summed E-state index contributed by atoms with van der Waals surface area (Å²) in [7, 11) is -3.87. The molecule has 1 aliphatic heterocycles. The van der Waals surface area contributed by atoms with Gasteiger partial charge in [-0.15, -0.1) is 29.3 Å². The van der Waals surface area contributed by atoms with Crippen LogP contribution in [0.4, 0.5) is 4.39 Å². The summed E-state index contributed by atoms with van der Waals surface area (Å²) in [6, 6.07) is 10.9. The molecular weight excluding hydrogens is 838 g/mol. The molecule has 3 aliphatic rings. The van der Waals surface area contributed by atoms with Crippen molar-refractivity contribution in [2.24, 2.45) is 22.7 Å². The minimum atomic E-state index is -3.87. The molecule has 0 bridgehead atoms. The van der Waals surface area contributed by atoms with Crippen molar-refractivity contribution in [1.82, 2.24) is 24.6 Å². The zero-order valence-corrected chi connectivity index (χ0v) is 37.5. The van der Waals surface area contributed by atoms with E-state index in [9.17, 15) is 27.2 Å². The molecule has 8 rings (SSSR count). The van der Waals surface area contributed by atoms with Crippen molar-refractivity contribution < 1.29 is 36.7 Å². The smallest absolute Gasteiger partial charge is 0.240 e. The van der Waals surface area contributed by atoms with Crippen LogP contribution in [-0.4, -0.2) is 75.9 Å². The number of ketones is 1. The summed E-state index contributed by atoms with van der Waals surface area (Å²) in [4.78, 5) is 59.5. The third-order valence-corrected chi connectivity index (χ3v) is 15.8. The molecule has 12 nitrogen and oxygen atoms in total. The first kappa shape index (κ1) is 42.9. The van der Waals surface area contributed by atoms with Crippen molar-refractivity contribution >= 4 is 70.6 Å². The number of benzene rings is 2. The maximum atomic E-state index is 15.0. The number of rotatable bonds is 15. The van der Waals surface area contributed by atoms with Crippen LogP contribution in [0.2, 0.25) is 0 Å². The van der Waals surface area contributed by atoms with Gasteiger partial charge in [-0.25, -0.2) is 22.8 Å². The van der Waals surface area contributed by atoms with Gasteiger partial charge in [0.1, 0.15) is 22.4 Å². The molecule has 1 saturated heterocycles. The van der Waals surface area contributed by atoms with Gasteiger partial charge in [-0.05, 0) is 93.8 Å². The van der Waals surface area contributed by atoms with Crippen molar-refractivity contribution in [2.75, 3.05) is 6.54 Å². The Labute approximate surface area is 363 Å². The van der Waals surface area contributed by atoms with Gasteiger partial charge in [-0.2, -0.15) is 4.98 Å². The zero-order valence-electron chi connectivity index (χ0n) is 35.1. The van der Waals surface area contributed by atoms with E-state index in [1.54, 1.807) is 17.0 Å². The highest BCUT2D eigenvalue weighted by atomic mass is 32.2. The number of nitrogens with zero attached hydrogens (tertiary/aromatic N) is 4. The minimum Gasteiger partial charge on any atom is -0.491 e. The Hall–Kier alpha value is -4.80. The molecule has 4 heterocycles. The topological polar surface area (TPSA) is 158 Å². The molecule has 0 unspecified atom stereocenters. The Morgan fingerprint density at radius 3 is 2.46 bits per heavy atom. The number of carbonyl (C=O) groups excluding carboxylic acids is 3. The average Bonchev–Trinajstić information content (AvgIpc) is 4.05. The molecule has 2 aliphatic carbocycles. The monoisotopic (exact) mass is 887 g/mol. The number of thiazole rings is 1. The van der Waals surface area contributed by atoms with Crippen molar-refractivity contribution in [3.8, 4) is 23.0 Å². The number of thiophene rings is 1. The van der Waals surface area contributed by atoms with Gasteiger partial charge in [-0.1, -0.05) is 26.8 Å². The standard InChI is InChI=1S/C45H50FN5O7S3/c1-8-27-20-45(27,43(54)50-61(55,56)31-14-15-31)21-35(52)34-18-30(22-51(34)42(53)33(44(5,6)7)19-37-47-25(4)23-59-37)58-41-39-38(32-17-28(46)11-16-36(32)60-39)48-40(49-41)26-9-12-29(13-10-26)57-24(2)3/h8-13,16-17,23-24,27,30-31,33-34H,1,14-15,18-22H2,2-7H3,(H,50,54)/t27-,30-,33-,34+,45-/m1/s1. The fourth-order valence-corrected chi connectivity index (χ4v) is 11.5. The molecule has 322 valence electrons. The van der Waals surface area contributed by atoms with Gasteiger partial charge in [0.2, 0.25) is 27.7 Å². The Morgan fingerprint density at radius 2 is 1.84 bits per heavy atom. The van der Waals surface area contributed by atoms with Gasteiger partial charge < -0.3 is 14.4 Å². The number of aryl methyl sites for hydroxylation is 1. The highest BCUT2D eigenvalue weighted by Gasteiger charge is 2.61. The predicted octanol–water partition coefficient (Wildman–Crippen LogP) is 8.22. The first-order valence-electron chi connectivity index (χ1n) is 20.6. The summed E-state index contributed by atoms with van der Waals surface area (Å²) in [5.74, 6) is -1.46. The molecule has 0 spiro atoms. The largest absolute Gasteiger partial charge is 0.491 e. The number of fused-ring (bicyclic) bond motifs is 3. The van der Waals surface area contributed by atoms with E-state index in [0.717, 1.165) is 15.4 Å². The number of carbonyl (C=O) groups is 3. The van der Waals surface area contributed by atoms with E-state index in [-0.39, 0.29) is 49.5 Å². The number of likely N-dealkylation sites (tertiary alicyclic amines) is 1. The van der Waals surface area contributed by atoms with E-state index in [1.165, 1.54) is 34.8 Å². The second-order valence-corrected chi connectivity index (χ2v) is 21.9. The second kappa shape index (κ2) is 16.2. The summed E-state index contributed by atoms with van der Waals surface area (Å²) < 4.78 is 56.7. The van der Waals surface area contributed by atoms with Crippen molar-refractivity contribution in [3.05, 3.63) is 77.0 Å². The third-order valence-electron chi connectivity index (χ3n) is 11.9. The van der Waals surface area contributed by atoms with Crippen LogP contribution in [0.25, 0.3) is 31.7 Å². The molecule has 2 saturated carbocycles. The molecule has 2 aromatic carbocycles. The zero-order chi connectivity index (χ0) is 43.6. The maximum Gasteiger partial charge on any atom is 0.240 e. The fraction of sp³-hybridized carbons (Fsp3) is 0.467. The molecule has 2 amide bonds. The van der Waals surface area contributed by atoms with Crippen LogP contribution in [0.3, 0.4) is 0 Å². The summed E-state index contributed by atoms with van der Waals surface area (Å²) >= 11 is 2.84. The lowest BCUT2D eigenvalue weighted by Gasteiger charge is -2.35. The molecular formula is C45H50FN5O7S3. The summed E-state index contributed by atoms with van der Waals surface area (Å²) in [5.41, 5.74) is 0.211. The summed E-state index contributed by atoms with van der Waals surface area (Å²) in [6.07, 6.45) is 2.26. The highest BCUT2D eigenvalue weighted by molar-refractivity contribution is 7.90. The SMILES string of the molecule is C=C[C@@H]1C[C@]1(CC(=O)[C@@H]1C[C@@H](Oc2nc(-c3ccc(OC(C)C)cc3)nc3c2sc2ccc(F)cc23)CN1C(=O)[C@@H](Cc1nc(C)cs1)C(C)(C)C)C(=O)NS(=O)(=O)C1CC1. The Kier molecular flexibility index (Phi) is 11.4. The minimum absolute atomic E-state index is 0.0202. The second-order valence-electron chi connectivity index (χ2n) is 18.0.